The molecule has 0 saturated carbocycles. The van der Waals surface area contributed by atoms with Crippen molar-refractivity contribution in [2.45, 2.75) is 12.6 Å². The summed E-state index contributed by atoms with van der Waals surface area (Å²) in [6.07, 6.45) is -3.03. The van der Waals surface area contributed by atoms with E-state index >= 15 is 0 Å². The average Bonchev–Trinajstić information content (AvgIpc) is 2.37. The third kappa shape index (κ3) is 4.23. The minimum atomic E-state index is -4.48. The fourth-order valence-electron chi connectivity index (χ4n) is 1.70. The fraction of sp³-hybridized carbons (Fsp3) is 0.231. The Kier molecular flexibility index (Phi) is 4.15. The normalized spacial score (nSPS) is 15.0. The summed E-state index contributed by atoms with van der Waals surface area (Å²) in [4.78, 5) is 22.6. The first-order chi connectivity index (χ1) is 9.84. The highest BCUT2D eigenvalue weighted by atomic mass is 19.4. The van der Waals surface area contributed by atoms with E-state index in [1.165, 1.54) is 12.1 Å². The summed E-state index contributed by atoms with van der Waals surface area (Å²) in [5, 5.41) is 4.66. The lowest BCUT2D eigenvalue weighted by molar-refractivity contribution is -0.139. The molecule has 5 nitrogen and oxygen atoms in total. The first kappa shape index (κ1) is 14.9. The van der Waals surface area contributed by atoms with Gasteiger partial charge in [0.2, 0.25) is 0 Å². The number of alkyl halides is 3. The van der Waals surface area contributed by atoms with Crippen LogP contribution in [0.15, 0.2) is 36.0 Å². The Bertz CT molecular complexity index is 597. The van der Waals surface area contributed by atoms with Crippen LogP contribution in [0.3, 0.4) is 0 Å². The number of hydrogen-bond donors (Lipinski definition) is 2. The molecule has 2 rings (SSSR count). The van der Waals surface area contributed by atoms with E-state index in [-0.39, 0.29) is 12.3 Å². The molecular weight excluding hydrogens is 289 g/mol. The molecule has 8 heteroatoms. The first-order valence-electron chi connectivity index (χ1n) is 5.97. The maximum absolute atomic E-state index is 12.5. The molecule has 2 N–H and O–H groups in total. The lowest BCUT2D eigenvalue weighted by Gasteiger charge is -2.15. The molecule has 0 fully saturated rings. The van der Waals surface area contributed by atoms with Gasteiger partial charge in [0, 0.05) is 23.9 Å². The summed E-state index contributed by atoms with van der Waals surface area (Å²) < 4.78 is 42.2. The van der Waals surface area contributed by atoms with Crippen LogP contribution in [-0.2, 0) is 15.7 Å². The van der Waals surface area contributed by atoms with Crippen molar-refractivity contribution in [1.29, 1.82) is 0 Å². The van der Waals surface area contributed by atoms with Gasteiger partial charge in [-0.05, 0) is 18.2 Å². The van der Waals surface area contributed by atoms with Crippen LogP contribution < -0.4 is 10.6 Å². The highest BCUT2D eigenvalue weighted by Crippen LogP contribution is 2.30. The third-order valence-corrected chi connectivity index (χ3v) is 2.63. The number of carbonyl (C=O) groups excluding carboxylic acids is 2. The van der Waals surface area contributed by atoms with E-state index in [0.717, 1.165) is 18.2 Å². The number of cyclic esters (lactones) is 1. The molecule has 1 aromatic carbocycles. The molecule has 2 amide bonds. The number of hydrogen-bond acceptors (Lipinski definition) is 3. The van der Waals surface area contributed by atoms with Crippen LogP contribution in [0.1, 0.15) is 12.0 Å². The van der Waals surface area contributed by atoms with E-state index in [1.807, 2.05) is 0 Å². The second-order valence-corrected chi connectivity index (χ2v) is 4.24. The van der Waals surface area contributed by atoms with E-state index in [2.05, 4.69) is 15.4 Å². The SMILES string of the molecule is O=C(NC1=CC(=O)OCC1)Nc1cccc(C(F)(F)F)c1. The number of urea groups is 1. The van der Waals surface area contributed by atoms with Crippen LogP contribution in [0.4, 0.5) is 23.7 Å². The van der Waals surface area contributed by atoms with Crippen molar-refractivity contribution >= 4 is 17.7 Å². The van der Waals surface area contributed by atoms with Gasteiger partial charge in [-0.2, -0.15) is 13.2 Å². The van der Waals surface area contributed by atoms with Crippen LogP contribution in [0.2, 0.25) is 0 Å². The van der Waals surface area contributed by atoms with Gasteiger partial charge in [0.1, 0.15) is 0 Å². The Labute approximate surface area is 117 Å². The molecule has 1 aromatic rings. The minimum Gasteiger partial charge on any atom is -0.462 e. The number of nitrogens with one attached hydrogen (secondary N) is 2. The second-order valence-electron chi connectivity index (χ2n) is 4.24. The predicted octanol–water partition coefficient (Wildman–Crippen LogP) is 2.66. The summed E-state index contributed by atoms with van der Waals surface area (Å²) in [7, 11) is 0. The van der Waals surface area contributed by atoms with Crippen LogP contribution in [0.25, 0.3) is 0 Å². The summed E-state index contributed by atoms with van der Waals surface area (Å²) >= 11 is 0. The fourth-order valence-corrected chi connectivity index (χ4v) is 1.70. The van der Waals surface area contributed by atoms with Gasteiger partial charge in [0.15, 0.2) is 0 Å². The Hall–Kier alpha value is -2.51. The van der Waals surface area contributed by atoms with Crippen molar-refractivity contribution in [2.75, 3.05) is 11.9 Å². The van der Waals surface area contributed by atoms with Crippen molar-refractivity contribution in [3.05, 3.63) is 41.6 Å². The average molecular weight is 300 g/mol. The van der Waals surface area contributed by atoms with Gasteiger partial charge in [-0.25, -0.2) is 9.59 Å². The molecule has 1 heterocycles. The van der Waals surface area contributed by atoms with Gasteiger partial charge in [-0.1, -0.05) is 6.07 Å². The molecule has 1 aliphatic rings. The van der Waals surface area contributed by atoms with E-state index in [9.17, 15) is 22.8 Å². The summed E-state index contributed by atoms with van der Waals surface area (Å²) in [5.41, 5.74) is -0.516. The van der Waals surface area contributed by atoms with Crippen LogP contribution in [-0.4, -0.2) is 18.6 Å². The van der Waals surface area contributed by atoms with Crippen molar-refractivity contribution < 1.29 is 27.5 Å². The van der Waals surface area contributed by atoms with Gasteiger partial charge in [0.25, 0.3) is 0 Å². The zero-order chi connectivity index (χ0) is 15.5. The minimum absolute atomic E-state index is 0.00121. The van der Waals surface area contributed by atoms with Crippen molar-refractivity contribution in [2.24, 2.45) is 0 Å². The van der Waals surface area contributed by atoms with Gasteiger partial charge >= 0.3 is 18.2 Å². The maximum Gasteiger partial charge on any atom is 0.416 e. The molecule has 0 aliphatic carbocycles. The van der Waals surface area contributed by atoms with E-state index in [1.54, 1.807) is 0 Å². The van der Waals surface area contributed by atoms with Crippen LogP contribution >= 0.6 is 0 Å². The molecule has 0 unspecified atom stereocenters. The van der Waals surface area contributed by atoms with Gasteiger partial charge in [0.05, 0.1) is 12.2 Å². The highest BCUT2D eigenvalue weighted by molar-refractivity contribution is 5.92. The Morgan fingerprint density at radius 1 is 1.24 bits per heavy atom. The summed E-state index contributed by atoms with van der Waals surface area (Å²) in [5.74, 6) is -0.574. The number of anilines is 1. The number of ether oxygens (including phenoxy) is 1. The summed E-state index contributed by atoms with van der Waals surface area (Å²) in [6.45, 7) is 0.147. The molecular formula is C13H11F3N2O3. The zero-order valence-corrected chi connectivity index (χ0v) is 10.7. The first-order valence-corrected chi connectivity index (χ1v) is 5.97. The van der Waals surface area contributed by atoms with Gasteiger partial charge in [-0.15, -0.1) is 0 Å². The smallest absolute Gasteiger partial charge is 0.416 e. The Morgan fingerprint density at radius 2 is 2.00 bits per heavy atom. The number of esters is 1. The van der Waals surface area contributed by atoms with Crippen molar-refractivity contribution in [3.63, 3.8) is 0 Å². The molecule has 0 spiro atoms. The predicted molar refractivity (Wildman–Crippen MR) is 67.3 cm³/mol. The van der Waals surface area contributed by atoms with Crippen LogP contribution in [0.5, 0.6) is 0 Å². The zero-order valence-electron chi connectivity index (χ0n) is 10.7. The number of amides is 2. The second kappa shape index (κ2) is 5.86. The summed E-state index contributed by atoms with van der Waals surface area (Å²) in [6, 6.07) is 3.52. The van der Waals surface area contributed by atoms with Crippen molar-refractivity contribution in [1.82, 2.24) is 5.32 Å². The lowest BCUT2D eigenvalue weighted by atomic mass is 10.2. The topological polar surface area (TPSA) is 67.4 Å². The molecule has 0 radical (unpaired) electrons. The molecule has 0 saturated heterocycles. The van der Waals surface area contributed by atoms with Crippen molar-refractivity contribution in [3.8, 4) is 0 Å². The molecule has 0 atom stereocenters. The molecule has 112 valence electrons. The largest absolute Gasteiger partial charge is 0.462 e. The molecule has 1 aliphatic heterocycles. The van der Waals surface area contributed by atoms with E-state index < -0.39 is 23.7 Å². The highest BCUT2D eigenvalue weighted by Gasteiger charge is 2.30. The number of carbonyl (C=O) groups is 2. The van der Waals surface area contributed by atoms with E-state index in [4.69, 9.17) is 0 Å². The van der Waals surface area contributed by atoms with Gasteiger partial charge in [-0.3, -0.25) is 0 Å². The third-order valence-electron chi connectivity index (χ3n) is 2.63. The number of benzene rings is 1. The Morgan fingerprint density at radius 3 is 2.67 bits per heavy atom. The van der Waals surface area contributed by atoms with Gasteiger partial charge < -0.3 is 15.4 Å². The molecule has 0 aromatic heterocycles. The molecule has 21 heavy (non-hydrogen) atoms. The molecule has 0 bridgehead atoms. The lowest BCUT2D eigenvalue weighted by Crippen LogP contribution is -2.31. The number of halogens is 3. The maximum atomic E-state index is 12.5. The number of rotatable bonds is 2. The van der Waals surface area contributed by atoms with E-state index in [0.29, 0.717) is 12.1 Å². The van der Waals surface area contributed by atoms with Crippen LogP contribution in [0, 0.1) is 0 Å². The quantitative estimate of drug-likeness (QED) is 0.825. The standard InChI is InChI=1S/C13H11F3N2O3/c14-13(15,16)8-2-1-3-9(6-8)17-12(20)18-10-4-5-21-11(19)7-10/h1-3,6-7H,4-5H2,(H2,17,18,20). The Balaban J connectivity index is 2.01. The monoisotopic (exact) mass is 300 g/mol.